The van der Waals surface area contributed by atoms with Gasteiger partial charge in [0.2, 0.25) is 0 Å². The van der Waals surface area contributed by atoms with E-state index in [9.17, 15) is 14.4 Å². The second-order valence-corrected chi connectivity index (χ2v) is 3.99. The Kier molecular flexibility index (Phi) is 11.2. The first-order valence-corrected chi connectivity index (χ1v) is 5.73. The number of aliphatic imine (C=N–C) groups is 1. The van der Waals surface area contributed by atoms with E-state index in [1.54, 1.807) is 0 Å². The van der Waals surface area contributed by atoms with Crippen LogP contribution in [0, 0.1) is 0 Å². The summed E-state index contributed by atoms with van der Waals surface area (Å²) >= 11 is 0. The van der Waals surface area contributed by atoms with Crippen molar-refractivity contribution in [1.29, 1.82) is 0 Å². The van der Waals surface area contributed by atoms with Crippen LogP contribution < -0.4 is 35.6 Å². The van der Waals surface area contributed by atoms with Crippen molar-refractivity contribution in [3.63, 3.8) is 0 Å². The number of carboxylic acids is 3. The molecule has 11 heteroatoms. The largest absolute Gasteiger partial charge is 1.00 e. The summed E-state index contributed by atoms with van der Waals surface area (Å²) in [5.74, 6) is -3.99. The third-order valence-corrected chi connectivity index (χ3v) is 2.27. The Bertz CT molecular complexity index is 403. The van der Waals surface area contributed by atoms with Crippen LogP contribution in [0.5, 0.6) is 0 Å². The molecule has 0 amide bonds. The molecule has 0 fully saturated rings. The van der Waals surface area contributed by atoms with Crippen LogP contribution in [0.15, 0.2) is 4.99 Å². The Morgan fingerprint density at radius 2 is 1.71 bits per heavy atom. The summed E-state index contributed by atoms with van der Waals surface area (Å²) in [4.78, 5) is 35.4. The van der Waals surface area contributed by atoms with E-state index in [1.807, 2.05) is 0 Å². The van der Waals surface area contributed by atoms with Crippen LogP contribution in [0.1, 0.15) is 19.3 Å². The maximum atomic E-state index is 10.7. The maximum absolute atomic E-state index is 10.7. The van der Waals surface area contributed by atoms with Crippen LogP contribution in [0.4, 0.5) is 0 Å². The van der Waals surface area contributed by atoms with Crippen molar-refractivity contribution in [2.75, 3.05) is 6.54 Å². The Morgan fingerprint density at radius 3 is 2.14 bits per heavy atom. The van der Waals surface area contributed by atoms with Gasteiger partial charge in [0, 0.05) is 6.54 Å². The zero-order chi connectivity index (χ0) is 15.7. The summed E-state index contributed by atoms with van der Waals surface area (Å²) in [6.07, 6.45) is -0.0917. The normalized spacial score (nSPS) is 13.7. The molecular formula is C10H18LiN4O6+. The molecule has 0 aliphatic rings. The average Bonchev–Trinajstić information content (AvgIpc) is 2.32. The monoisotopic (exact) mass is 297 g/mol. The van der Waals surface area contributed by atoms with E-state index in [-0.39, 0.29) is 37.8 Å². The molecule has 0 radical (unpaired) electrons. The molecule has 10 nitrogen and oxygen atoms in total. The minimum atomic E-state index is -1.38. The fourth-order valence-electron chi connectivity index (χ4n) is 1.23. The molecular weight excluding hydrogens is 279 g/mol. The maximum Gasteiger partial charge on any atom is 1.00 e. The second-order valence-electron chi connectivity index (χ2n) is 3.99. The first-order chi connectivity index (χ1) is 9.23. The number of guanidine groups is 1. The molecule has 21 heavy (non-hydrogen) atoms. The van der Waals surface area contributed by atoms with Crippen molar-refractivity contribution in [3.05, 3.63) is 0 Å². The summed E-state index contributed by atoms with van der Waals surface area (Å²) in [7, 11) is 0. The fraction of sp³-hybridized carbons (Fsp3) is 0.600. The molecule has 0 aromatic heterocycles. The van der Waals surface area contributed by atoms with Crippen LogP contribution in [0.25, 0.3) is 0 Å². The molecule has 0 spiro atoms. The van der Waals surface area contributed by atoms with Crippen LogP contribution in [0.2, 0.25) is 0 Å². The SMILES string of the molecule is NC(=NCCC[C@H](N)C(=O)O)N[C@@H](CC(=O)O)C(=O)O.[Li+]. The minimum Gasteiger partial charge on any atom is -0.481 e. The Morgan fingerprint density at radius 1 is 1.14 bits per heavy atom. The van der Waals surface area contributed by atoms with Gasteiger partial charge in [0.15, 0.2) is 5.96 Å². The molecule has 8 N–H and O–H groups in total. The Balaban J connectivity index is 0. The number of aliphatic carboxylic acids is 3. The number of hydrogen-bond acceptors (Lipinski definition) is 5. The summed E-state index contributed by atoms with van der Waals surface area (Å²) in [5.41, 5.74) is 10.7. The van der Waals surface area contributed by atoms with E-state index in [1.165, 1.54) is 0 Å². The number of rotatable bonds is 9. The van der Waals surface area contributed by atoms with E-state index in [4.69, 9.17) is 26.8 Å². The van der Waals surface area contributed by atoms with Gasteiger partial charge < -0.3 is 32.1 Å². The number of carboxylic acid groups (broad SMARTS) is 3. The summed E-state index contributed by atoms with van der Waals surface area (Å²) in [5, 5.41) is 28.1. The smallest absolute Gasteiger partial charge is 0.481 e. The quantitative estimate of drug-likeness (QED) is 0.105. The van der Waals surface area contributed by atoms with E-state index in [0.29, 0.717) is 6.42 Å². The minimum absolute atomic E-state index is 0. The summed E-state index contributed by atoms with van der Waals surface area (Å²) < 4.78 is 0. The Labute approximate surface area is 132 Å². The number of hydrogen-bond donors (Lipinski definition) is 6. The molecule has 0 aromatic carbocycles. The van der Waals surface area contributed by atoms with E-state index in [2.05, 4.69) is 10.3 Å². The number of carbonyl (C=O) groups is 3. The van der Waals surface area contributed by atoms with Crippen LogP contribution >= 0.6 is 0 Å². The molecule has 0 heterocycles. The van der Waals surface area contributed by atoms with Gasteiger partial charge in [0.05, 0.1) is 6.42 Å². The molecule has 0 aromatic rings. The molecule has 114 valence electrons. The van der Waals surface area contributed by atoms with Gasteiger partial charge in [-0.25, -0.2) is 4.79 Å². The van der Waals surface area contributed by atoms with Crippen molar-refractivity contribution in [2.45, 2.75) is 31.3 Å². The van der Waals surface area contributed by atoms with Gasteiger partial charge in [-0.3, -0.25) is 14.6 Å². The molecule has 0 aliphatic heterocycles. The van der Waals surface area contributed by atoms with Gasteiger partial charge >= 0.3 is 36.8 Å². The molecule has 0 saturated heterocycles. The second kappa shape index (κ2) is 11.0. The fourth-order valence-corrected chi connectivity index (χ4v) is 1.23. The first kappa shape index (κ1) is 21.5. The molecule has 0 aliphatic carbocycles. The van der Waals surface area contributed by atoms with Gasteiger partial charge in [-0.2, -0.15) is 0 Å². The van der Waals surface area contributed by atoms with Gasteiger partial charge in [0.1, 0.15) is 12.1 Å². The topological polar surface area (TPSA) is 188 Å². The Hall–Kier alpha value is -1.76. The summed E-state index contributed by atoms with van der Waals surface area (Å²) in [6, 6.07) is -2.37. The number of nitrogens with two attached hydrogens (primary N) is 2. The predicted octanol–water partition coefficient (Wildman–Crippen LogP) is -4.99. The molecule has 0 unspecified atom stereocenters. The van der Waals surface area contributed by atoms with Crippen molar-refractivity contribution < 1.29 is 48.6 Å². The molecule has 0 saturated carbocycles. The third kappa shape index (κ3) is 10.7. The van der Waals surface area contributed by atoms with Crippen molar-refractivity contribution >= 4 is 23.9 Å². The third-order valence-electron chi connectivity index (χ3n) is 2.27. The van der Waals surface area contributed by atoms with E-state index >= 15 is 0 Å². The van der Waals surface area contributed by atoms with Gasteiger partial charge in [0.25, 0.3) is 0 Å². The van der Waals surface area contributed by atoms with Crippen LogP contribution in [-0.2, 0) is 14.4 Å². The van der Waals surface area contributed by atoms with Crippen LogP contribution in [0.3, 0.4) is 0 Å². The van der Waals surface area contributed by atoms with E-state index in [0.717, 1.165) is 0 Å². The summed E-state index contributed by atoms with van der Waals surface area (Å²) in [6.45, 7) is 0.152. The van der Waals surface area contributed by atoms with Gasteiger partial charge in [-0.05, 0) is 12.8 Å². The van der Waals surface area contributed by atoms with Crippen molar-refractivity contribution in [2.24, 2.45) is 16.5 Å². The number of nitrogens with zero attached hydrogens (tertiary/aromatic N) is 1. The molecule has 0 rings (SSSR count). The van der Waals surface area contributed by atoms with Crippen molar-refractivity contribution in [3.8, 4) is 0 Å². The number of nitrogens with one attached hydrogen (secondary N) is 1. The van der Waals surface area contributed by atoms with Crippen molar-refractivity contribution in [1.82, 2.24) is 5.32 Å². The van der Waals surface area contributed by atoms with Gasteiger partial charge in [-0.1, -0.05) is 0 Å². The van der Waals surface area contributed by atoms with Crippen LogP contribution in [-0.4, -0.2) is 57.8 Å². The standard InChI is InChI=1S/C10H18N4O6.Li/c11-5(8(17)18)2-1-3-13-10(12)14-6(9(19)20)4-7(15)16;/h5-6H,1-4,11H2,(H,15,16)(H,17,18)(H,19,20)(H3,12,13,14);/q;+1/t5-,6-;/m0./s1. The molecule has 0 bridgehead atoms. The predicted molar refractivity (Wildman–Crippen MR) is 68.1 cm³/mol. The average molecular weight is 297 g/mol. The zero-order valence-electron chi connectivity index (χ0n) is 11.7. The van der Waals surface area contributed by atoms with Gasteiger partial charge in [-0.15, -0.1) is 0 Å². The van der Waals surface area contributed by atoms with E-state index < -0.39 is 36.4 Å². The first-order valence-electron chi connectivity index (χ1n) is 5.73. The molecule has 2 atom stereocenters. The zero-order valence-corrected chi connectivity index (χ0v) is 11.7.